The van der Waals surface area contributed by atoms with Gasteiger partial charge in [-0.1, -0.05) is 63.1 Å². The number of nitrogens with one attached hydrogen (secondary N) is 1. The summed E-state index contributed by atoms with van der Waals surface area (Å²) in [6, 6.07) is 12.8. The summed E-state index contributed by atoms with van der Waals surface area (Å²) in [5, 5.41) is 15.6. The number of halogens is 1. The minimum absolute atomic E-state index is 0.130. The summed E-state index contributed by atoms with van der Waals surface area (Å²) in [6.07, 6.45) is 6.47. The Hall–Kier alpha value is -2.24. The molecule has 3 atom stereocenters. The molecule has 0 bridgehead atoms. The van der Waals surface area contributed by atoms with Crippen molar-refractivity contribution >= 4 is 5.91 Å². The number of likely N-dealkylation sites (tertiary alicyclic amines) is 1. The van der Waals surface area contributed by atoms with Gasteiger partial charge in [-0.3, -0.25) is 4.79 Å². The standard InChI is InChI=1S/C29H38FN2O2/c1-3-16-29(34,23-12-9-18-32(20-23)28(33)26-15-5-6-17-31-26)24-13-8-14-25(30)27(24)22-11-7-10-21(4-2)19-22/h7-8,10-11,13-14,19,23,26,31,34H,1,3-6,9,12,15-18,20H2,2H3. The smallest absolute Gasteiger partial charge is 0.239 e. The van der Waals surface area contributed by atoms with Crippen LogP contribution in [0.4, 0.5) is 4.39 Å². The number of hydrogen-bond donors (Lipinski definition) is 2. The van der Waals surface area contributed by atoms with Crippen molar-refractivity contribution in [2.24, 2.45) is 5.92 Å². The molecule has 34 heavy (non-hydrogen) atoms. The average molecular weight is 466 g/mol. The largest absolute Gasteiger partial charge is 0.385 e. The number of aliphatic hydroxyl groups is 1. The van der Waals surface area contributed by atoms with Gasteiger partial charge < -0.3 is 15.3 Å². The number of aryl methyl sites for hydroxylation is 1. The van der Waals surface area contributed by atoms with E-state index in [1.807, 2.05) is 35.2 Å². The van der Waals surface area contributed by atoms with E-state index in [-0.39, 0.29) is 23.7 Å². The van der Waals surface area contributed by atoms with Crippen LogP contribution in [0, 0.1) is 18.7 Å². The molecule has 0 aliphatic carbocycles. The molecule has 2 heterocycles. The van der Waals surface area contributed by atoms with E-state index in [9.17, 15) is 9.90 Å². The van der Waals surface area contributed by atoms with Crippen molar-refractivity contribution in [3.63, 3.8) is 0 Å². The Morgan fingerprint density at radius 3 is 2.76 bits per heavy atom. The molecule has 2 aliphatic heterocycles. The summed E-state index contributed by atoms with van der Waals surface area (Å²) in [6.45, 7) is 8.18. The predicted octanol–water partition coefficient (Wildman–Crippen LogP) is 5.24. The van der Waals surface area contributed by atoms with Crippen molar-refractivity contribution in [2.75, 3.05) is 19.6 Å². The molecule has 0 spiro atoms. The summed E-state index contributed by atoms with van der Waals surface area (Å²) >= 11 is 0. The molecule has 1 amide bonds. The molecule has 5 heteroatoms. The number of piperidine rings is 2. The van der Waals surface area contributed by atoms with Gasteiger partial charge in [0.05, 0.1) is 11.6 Å². The van der Waals surface area contributed by atoms with E-state index in [2.05, 4.69) is 19.2 Å². The number of carbonyl (C=O) groups excluding carboxylic acids is 1. The highest BCUT2D eigenvalue weighted by Gasteiger charge is 2.43. The van der Waals surface area contributed by atoms with Crippen LogP contribution in [0.5, 0.6) is 0 Å². The lowest BCUT2D eigenvalue weighted by atomic mass is 9.72. The number of hydrogen-bond acceptors (Lipinski definition) is 3. The summed E-state index contributed by atoms with van der Waals surface area (Å²) in [4.78, 5) is 15.2. The van der Waals surface area contributed by atoms with E-state index < -0.39 is 5.60 Å². The summed E-state index contributed by atoms with van der Waals surface area (Å²) < 4.78 is 15.4. The second-order valence-electron chi connectivity index (χ2n) is 9.87. The van der Waals surface area contributed by atoms with Gasteiger partial charge in [-0.15, -0.1) is 0 Å². The highest BCUT2D eigenvalue weighted by Crippen LogP contribution is 2.44. The minimum Gasteiger partial charge on any atom is -0.385 e. The highest BCUT2D eigenvalue weighted by molar-refractivity contribution is 5.82. The van der Waals surface area contributed by atoms with Crippen molar-refractivity contribution < 1.29 is 14.3 Å². The van der Waals surface area contributed by atoms with Gasteiger partial charge in [0, 0.05) is 24.6 Å². The molecule has 3 unspecified atom stereocenters. The molecule has 2 fully saturated rings. The van der Waals surface area contributed by atoms with Crippen LogP contribution in [-0.4, -0.2) is 41.6 Å². The van der Waals surface area contributed by atoms with E-state index in [1.54, 1.807) is 6.07 Å². The fourth-order valence-electron chi connectivity index (χ4n) is 5.80. The van der Waals surface area contributed by atoms with Gasteiger partial charge >= 0.3 is 0 Å². The molecule has 183 valence electrons. The van der Waals surface area contributed by atoms with Gasteiger partial charge in [0.25, 0.3) is 0 Å². The Kier molecular flexibility index (Phi) is 8.05. The van der Waals surface area contributed by atoms with Gasteiger partial charge in [0.1, 0.15) is 5.82 Å². The van der Waals surface area contributed by atoms with E-state index in [0.29, 0.717) is 37.1 Å². The molecule has 2 aromatic rings. The first-order valence-electron chi connectivity index (χ1n) is 12.9. The molecular formula is C29H38FN2O2. The Balaban J connectivity index is 1.69. The fraction of sp³-hybridized carbons (Fsp3) is 0.517. The van der Waals surface area contributed by atoms with Crippen LogP contribution in [0.15, 0.2) is 42.5 Å². The third-order valence-corrected chi connectivity index (χ3v) is 7.68. The first-order valence-corrected chi connectivity index (χ1v) is 12.9. The summed E-state index contributed by atoms with van der Waals surface area (Å²) in [5.41, 5.74) is 1.72. The first kappa shape index (κ1) is 24.9. The molecule has 4 rings (SSSR count). The Morgan fingerprint density at radius 1 is 1.21 bits per heavy atom. The lowest BCUT2D eigenvalue weighted by molar-refractivity contribution is -0.139. The van der Waals surface area contributed by atoms with Gasteiger partial charge in [0.2, 0.25) is 5.91 Å². The van der Waals surface area contributed by atoms with Crippen molar-refractivity contribution in [3.05, 3.63) is 66.3 Å². The molecular weight excluding hydrogens is 427 g/mol. The Labute approximate surface area is 203 Å². The lowest BCUT2D eigenvalue weighted by Gasteiger charge is -2.44. The molecule has 4 nitrogen and oxygen atoms in total. The van der Waals surface area contributed by atoms with Crippen LogP contribution in [0.25, 0.3) is 11.1 Å². The van der Waals surface area contributed by atoms with Crippen LogP contribution < -0.4 is 5.32 Å². The zero-order chi connectivity index (χ0) is 24.1. The number of amides is 1. The molecule has 0 aromatic heterocycles. The second-order valence-corrected chi connectivity index (χ2v) is 9.87. The molecule has 2 N–H and O–H groups in total. The molecule has 2 aliphatic rings. The monoisotopic (exact) mass is 465 g/mol. The van der Waals surface area contributed by atoms with Crippen LogP contribution in [0.3, 0.4) is 0 Å². The van der Waals surface area contributed by atoms with Crippen LogP contribution in [0.2, 0.25) is 0 Å². The van der Waals surface area contributed by atoms with Crippen LogP contribution >= 0.6 is 0 Å². The van der Waals surface area contributed by atoms with Gasteiger partial charge in [-0.25, -0.2) is 4.39 Å². The van der Waals surface area contributed by atoms with Crippen molar-refractivity contribution in [1.29, 1.82) is 0 Å². The normalized spacial score (nSPS) is 22.9. The maximum atomic E-state index is 15.4. The van der Waals surface area contributed by atoms with Crippen molar-refractivity contribution in [2.45, 2.75) is 69.9 Å². The number of benzene rings is 2. The zero-order valence-electron chi connectivity index (χ0n) is 20.4. The molecule has 2 saturated heterocycles. The van der Waals surface area contributed by atoms with Gasteiger partial charge in [0.15, 0.2) is 0 Å². The minimum atomic E-state index is -1.26. The van der Waals surface area contributed by atoms with Crippen molar-refractivity contribution in [3.8, 4) is 11.1 Å². The van der Waals surface area contributed by atoms with Crippen LogP contribution in [0.1, 0.15) is 63.0 Å². The SMILES string of the molecule is [CH2]CCC(O)(c1cccc(F)c1-c1cccc(CC)c1)C1CCCN(C(=O)C2CCCCN2)C1. The first-order chi connectivity index (χ1) is 16.5. The van der Waals surface area contributed by atoms with Gasteiger partial charge in [-0.2, -0.15) is 0 Å². The summed E-state index contributed by atoms with van der Waals surface area (Å²) in [5.74, 6) is -0.370. The number of nitrogens with zero attached hydrogens (tertiary/aromatic N) is 1. The van der Waals surface area contributed by atoms with Gasteiger partial charge in [-0.05, 0) is 67.8 Å². The lowest BCUT2D eigenvalue weighted by Crippen LogP contribution is -2.54. The third kappa shape index (κ3) is 5.06. The van der Waals surface area contributed by atoms with E-state index >= 15 is 4.39 Å². The molecule has 0 saturated carbocycles. The third-order valence-electron chi connectivity index (χ3n) is 7.68. The maximum Gasteiger partial charge on any atom is 0.239 e. The topological polar surface area (TPSA) is 52.6 Å². The van der Waals surface area contributed by atoms with E-state index in [0.717, 1.165) is 56.2 Å². The molecule has 1 radical (unpaired) electrons. The predicted molar refractivity (Wildman–Crippen MR) is 135 cm³/mol. The van der Waals surface area contributed by atoms with Crippen LogP contribution in [-0.2, 0) is 16.8 Å². The highest BCUT2D eigenvalue weighted by atomic mass is 19.1. The number of carbonyl (C=O) groups is 1. The Bertz CT molecular complexity index is 988. The van der Waals surface area contributed by atoms with E-state index in [4.69, 9.17) is 0 Å². The quantitative estimate of drug-likeness (QED) is 0.588. The van der Waals surface area contributed by atoms with E-state index in [1.165, 1.54) is 6.07 Å². The molecule has 2 aromatic carbocycles. The summed E-state index contributed by atoms with van der Waals surface area (Å²) in [7, 11) is 0. The zero-order valence-corrected chi connectivity index (χ0v) is 20.4. The number of rotatable bonds is 7. The Morgan fingerprint density at radius 2 is 2.03 bits per heavy atom. The fourth-order valence-corrected chi connectivity index (χ4v) is 5.80. The second kappa shape index (κ2) is 11.0. The maximum absolute atomic E-state index is 15.4. The average Bonchev–Trinajstić information content (AvgIpc) is 2.88. The van der Waals surface area contributed by atoms with Crippen molar-refractivity contribution in [1.82, 2.24) is 10.2 Å².